The third-order valence-corrected chi connectivity index (χ3v) is 6.97. The Kier molecular flexibility index (Phi) is 5.35. The van der Waals surface area contributed by atoms with Gasteiger partial charge in [-0.3, -0.25) is 0 Å². The molecule has 118 valence electrons. The molecule has 1 fully saturated rings. The Morgan fingerprint density at radius 1 is 1.38 bits per heavy atom. The van der Waals surface area contributed by atoms with Crippen LogP contribution in [-0.4, -0.2) is 33.0 Å². The maximum Gasteiger partial charge on any atom is 0.240 e. The van der Waals surface area contributed by atoms with Crippen LogP contribution in [0.25, 0.3) is 0 Å². The molecule has 0 saturated heterocycles. The molecule has 1 atom stereocenters. The summed E-state index contributed by atoms with van der Waals surface area (Å²) in [5, 5.41) is 3.20. The van der Waals surface area contributed by atoms with Gasteiger partial charge in [0.1, 0.15) is 0 Å². The van der Waals surface area contributed by atoms with E-state index >= 15 is 0 Å². The van der Waals surface area contributed by atoms with Crippen molar-refractivity contribution >= 4 is 21.8 Å². The Bertz CT molecular complexity index is 579. The maximum atomic E-state index is 12.4. The lowest BCUT2D eigenvalue weighted by Crippen LogP contribution is -2.31. The summed E-state index contributed by atoms with van der Waals surface area (Å²) >= 11 is 1.75. The fourth-order valence-electron chi connectivity index (χ4n) is 2.41. The first-order valence-corrected chi connectivity index (χ1v) is 9.99. The summed E-state index contributed by atoms with van der Waals surface area (Å²) in [5.41, 5.74) is 1.01. The third kappa shape index (κ3) is 4.00. The van der Waals surface area contributed by atoms with Crippen LogP contribution < -0.4 is 10.0 Å². The second-order valence-electron chi connectivity index (χ2n) is 5.53. The minimum Gasteiger partial charge on any atom is -0.313 e. The molecule has 0 aliphatic heterocycles. The molecular weight excluding hydrogens is 304 g/mol. The largest absolute Gasteiger partial charge is 0.313 e. The first kappa shape index (κ1) is 16.8. The standard InChI is InChI=1S/C15H24N2O2S2/c1-4-14(16-2)12-6-5-7-13(10-12)21(18,19)17-11-15(20-3)8-9-15/h5-7,10,14,16-17H,4,8-9,11H2,1-3H3. The Morgan fingerprint density at radius 3 is 2.62 bits per heavy atom. The van der Waals surface area contributed by atoms with E-state index in [4.69, 9.17) is 0 Å². The van der Waals surface area contributed by atoms with Gasteiger partial charge in [0, 0.05) is 17.3 Å². The molecule has 2 N–H and O–H groups in total. The van der Waals surface area contributed by atoms with Crippen LogP contribution in [0.2, 0.25) is 0 Å². The summed E-state index contributed by atoms with van der Waals surface area (Å²) in [6, 6.07) is 7.39. The fraction of sp³-hybridized carbons (Fsp3) is 0.600. The van der Waals surface area contributed by atoms with E-state index in [1.807, 2.05) is 25.4 Å². The minimum atomic E-state index is -3.43. The molecule has 4 nitrogen and oxygen atoms in total. The monoisotopic (exact) mass is 328 g/mol. The van der Waals surface area contributed by atoms with Crippen LogP contribution in [0.1, 0.15) is 37.8 Å². The van der Waals surface area contributed by atoms with Gasteiger partial charge in [0.25, 0.3) is 0 Å². The van der Waals surface area contributed by atoms with Crippen molar-refractivity contribution in [3.63, 3.8) is 0 Å². The number of rotatable bonds is 8. The molecule has 1 aliphatic rings. The van der Waals surface area contributed by atoms with Crippen molar-refractivity contribution in [2.45, 2.75) is 41.9 Å². The van der Waals surface area contributed by atoms with Crippen LogP contribution in [0.5, 0.6) is 0 Å². The SMILES string of the molecule is CCC(NC)c1cccc(S(=O)(=O)NCC2(SC)CC2)c1. The molecule has 0 bridgehead atoms. The van der Waals surface area contributed by atoms with Crippen LogP contribution >= 0.6 is 11.8 Å². The van der Waals surface area contributed by atoms with E-state index in [2.05, 4.69) is 17.0 Å². The highest BCUT2D eigenvalue weighted by atomic mass is 32.2. The lowest BCUT2D eigenvalue weighted by atomic mass is 10.1. The lowest BCUT2D eigenvalue weighted by Gasteiger charge is -2.17. The number of hydrogen-bond donors (Lipinski definition) is 2. The summed E-state index contributed by atoms with van der Waals surface area (Å²) in [6.45, 7) is 2.60. The maximum absolute atomic E-state index is 12.4. The molecule has 1 aliphatic carbocycles. The van der Waals surface area contributed by atoms with E-state index < -0.39 is 10.0 Å². The van der Waals surface area contributed by atoms with Crippen LogP contribution in [0.3, 0.4) is 0 Å². The van der Waals surface area contributed by atoms with E-state index in [9.17, 15) is 8.42 Å². The van der Waals surface area contributed by atoms with Gasteiger partial charge < -0.3 is 5.32 Å². The zero-order valence-corrected chi connectivity index (χ0v) is 14.5. The van der Waals surface area contributed by atoms with Gasteiger partial charge in [-0.15, -0.1) is 0 Å². The second-order valence-corrected chi connectivity index (χ2v) is 8.57. The molecule has 6 heteroatoms. The molecule has 0 aromatic heterocycles. The highest BCUT2D eigenvalue weighted by molar-refractivity contribution is 8.00. The summed E-state index contributed by atoms with van der Waals surface area (Å²) in [6.07, 6.45) is 5.15. The van der Waals surface area contributed by atoms with E-state index in [0.717, 1.165) is 24.8 Å². The van der Waals surface area contributed by atoms with Crippen molar-refractivity contribution in [3.8, 4) is 0 Å². The molecule has 21 heavy (non-hydrogen) atoms. The number of hydrogen-bond acceptors (Lipinski definition) is 4. The van der Waals surface area contributed by atoms with Gasteiger partial charge in [0.15, 0.2) is 0 Å². The highest BCUT2D eigenvalue weighted by Crippen LogP contribution is 2.46. The second kappa shape index (κ2) is 6.69. The molecule has 0 heterocycles. The van der Waals surface area contributed by atoms with E-state index in [1.165, 1.54) is 0 Å². The minimum absolute atomic E-state index is 0.127. The van der Waals surface area contributed by atoms with Gasteiger partial charge in [-0.2, -0.15) is 11.8 Å². The molecular formula is C15H24N2O2S2. The molecule has 2 rings (SSSR count). The zero-order valence-electron chi connectivity index (χ0n) is 12.8. The van der Waals surface area contributed by atoms with Crippen molar-refractivity contribution in [1.82, 2.24) is 10.0 Å². The van der Waals surface area contributed by atoms with Gasteiger partial charge in [-0.1, -0.05) is 19.1 Å². The third-order valence-electron chi connectivity index (χ3n) is 4.15. The average molecular weight is 329 g/mol. The quantitative estimate of drug-likeness (QED) is 0.770. The molecule has 0 amide bonds. The van der Waals surface area contributed by atoms with Crippen LogP contribution in [-0.2, 0) is 10.0 Å². The normalized spacial score (nSPS) is 18.4. The van der Waals surface area contributed by atoms with E-state index in [0.29, 0.717) is 11.4 Å². The van der Waals surface area contributed by atoms with Crippen molar-refractivity contribution in [2.24, 2.45) is 0 Å². The number of thioether (sulfide) groups is 1. The highest BCUT2D eigenvalue weighted by Gasteiger charge is 2.42. The Balaban J connectivity index is 2.14. The smallest absolute Gasteiger partial charge is 0.240 e. The Morgan fingerprint density at radius 2 is 2.10 bits per heavy atom. The number of nitrogens with one attached hydrogen (secondary N) is 2. The van der Waals surface area contributed by atoms with Crippen molar-refractivity contribution in [1.29, 1.82) is 0 Å². The van der Waals surface area contributed by atoms with Gasteiger partial charge >= 0.3 is 0 Å². The van der Waals surface area contributed by atoms with Gasteiger partial charge in [0.05, 0.1) is 4.90 Å². The first-order valence-electron chi connectivity index (χ1n) is 7.28. The molecule has 1 aromatic rings. The first-order chi connectivity index (χ1) is 9.96. The zero-order chi connectivity index (χ0) is 15.5. The van der Waals surface area contributed by atoms with Crippen LogP contribution in [0.15, 0.2) is 29.2 Å². The predicted molar refractivity (Wildman–Crippen MR) is 89.2 cm³/mol. The fourth-order valence-corrected chi connectivity index (χ4v) is 4.41. The topological polar surface area (TPSA) is 58.2 Å². The molecule has 1 saturated carbocycles. The van der Waals surface area contributed by atoms with Gasteiger partial charge in [-0.05, 0) is 50.3 Å². The van der Waals surface area contributed by atoms with Crippen LogP contribution in [0.4, 0.5) is 0 Å². The number of sulfonamides is 1. The Hall–Kier alpha value is -0.560. The molecule has 1 aromatic carbocycles. The van der Waals surface area contributed by atoms with Gasteiger partial charge in [-0.25, -0.2) is 13.1 Å². The summed E-state index contributed by atoms with van der Waals surface area (Å²) < 4.78 is 27.8. The van der Waals surface area contributed by atoms with Crippen molar-refractivity contribution < 1.29 is 8.42 Å². The van der Waals surface area contributed by atoms with E-state index in [1.54, 1.807) is 23.9 Å². The predicted octanol–water partition coefficient (Wildman–Crippen LogP) is 2.53. The van der Waals surface area contributed by atoms with Crippen molar-refractivity contribution in [2.75, 3.05) is 19.8 Å². The lowest BCUT2D eigenvalue weighted by molar-refractivity contribution is 0.570. The molecule has 1 unspecified atom stereocenters. The summed E-state index contributed by atoms with van der Waals surface area (Å²) in [7, 11) is -1.54. The molecule has 0 spiro atoms. The van der Waals surface area contributed by atoms with Crippen LogP contribution in [0, 0.1) is 0 Å². The van der Waals surface area contributed by atoms with Crippen molar-refractivity contribution in [3.05, 3.63) is 29.8 Å². The number of benzene rings is 1. The average Bonchev–Trinajstić information content (AvgIpc) is 3.28. The Labute approximate surface area is 132 Å². The summed E-state index contributed by atoms with van der Waals surface area (Å²) in [5.74, 6) is 0. The molecule has 0 radical (unpaired) electrons. The van der Waals surface area contributed by atoms with Gasteiger partial charge in [0.2, 0.25) is 10.0 Å². The summed E-state index contributed by atoms with van der Waals surface area (Å²) in [4.78, 5) is 0.352. The van der Waals surface area contributed by atoms with E-state index in [-0.39, 0.29) is 10.8 Å².